The SMILES string of the molecule is O=C(O)C1CC(OCCO)CC(OCCO)C1. The summed E-state index contributed by atoms with van der Waals surface area (Å²) in [6.07, 6.45) is 1.13. The summed E-state index contributed by atoms with van der Waals surface area (Å²) in [5, 5.41) is 26.4. The molecular weight excluding hydrogens is 228 g/mol. The van der Waals surface area contributed by atoms with Crippen LogP contribution in [0.15, 0.2) is 0 Å². The van der Waals surface area contributed by atoms with Gasteiger partial charge in [0.05, 0.1) is 44.6 Å². The zero-order valence-corrected chi connectivity index (χ0v) is 9.75. The molecule has 0 bridgehead atoms. The molecular formula is C11H20O6. The van der Waals surface area contributed by atoms with Gasteiger partial charge in [0.15, 0.2) is 0 Å². The Hall–Kier alpha value is -0.690. The fraction of sp³-hybridized carbons (Fsp3) is 0.909. The Labute approximate surface area is 100 Å². The third kappa shape index (κ3) is 4.99. The number of ether oxygens (including phenoxy) is 2. The number of hydrogen-bond donors (Lipinski definition) is 3. The van der Waals surface area contributed by atoms with Gasteiger partial charge >= 0.3 is 5.97 Å². The topological polar surface area (TPSA) is 96.2 Å². The molecule has 0 amide bonds. The molecule has 1 rings (SSSR count). The van der Waals surface area contributed by atoms with Crippen LogP contribution in [-0.2, 0) is 14.3 Å². The van der Waals surface area contributed by atoms with E-state index in [1.807, 2.05) is 0 Å². The van der Waals surface area contributed by atoms with Crippen molar-refractivity contribution in [3.8, 4) is 0 Å². The first-order valence-electron chi connectivity index (χ1n) is 5.85. The number of carbonyl (C=O) groups is 1. The first-order chi connectivity index (χ1) is 8.17. The molecule has 100 valence electrons. The Morgan fingerprint density at radius 2 is 1.47 bits per heavy atom. The van der Waals surface area contributed by atoms with Crippen molar-refractivity contribution in [2.75, 3.05) is 26.4 Å². The van der Waals surface area contributed by atoms with E-state index in [2.05, 4.69) is 0 Å². The average molecular weight is 248 g/mol. The first-order valence-corrected chi connectivity index (χ1v) is 5.85. The zero-order chi connectivity index (χ0) is 12.7. The molecule has 0 radical (unpaired) electrons. The number of carboxylic acid groups (broad SMARTS) is 1. The van der Waals surface area contributed by atoms with Gasteiger partial charge in [-0.3, -0.25) is 4.79 Å². The zero-order valence-electron chi connectivity index (χ0n) is 9.75. The Kier molecular flexibility index (Phi) is 6.43. The Bertz CT molecular complexity index is 216. The Morgan fingerprint density at radius 3 is 1.82 bits per heavy atom. The van der Waals surface area contributed by atoms with Gasteiger partial charge in [0.2, 0.25) is 0 Å². The maximum Gasteiger partial charge on any atom is 0.306 e. The summed E-state index contributed by atoms with van der Waals surface area (Å²) in [7, 11) is 0. The number of aliphatic hydroxyl groups excluding tert-OH is 2. The van der Waals surface area contributed by atoms with Gasteiger partial charge in [-0.05, 0) is 19.3 Å². The first kappa shape index (κ1) is 14.4. The number of hydrogen-bond acceptors (Lipinski definition) is 5. The van der Waals surface area contributed by atoms with E-state index in [1.165, 1.54) is 0 Å². The second-order valence-corrected chi connectivity index (χ2v) is 4.18. The fourth-order valence-corrected chi connectivity index (χ4v) is 2.13. The lowest BCUT2D eigenvalue weighted by Crippen LogP contribution is -2.37. The molecule has 0 saturated heterocycles. The number of carboxylic acids is 1. The van der Waals surface area contributed by atoms with Crippen molar-refractivity contribution in [2.45, 2.75) is 31.5 Å². The van der Waals surface area contributed by atoms with E-state index in [0.29, 0.717) is 19.3 Å². The predicted molar refractivity (Wildman–Crippen MR) is 58.6 cm³/mol. The number of rotatable bonds is 7. The highest BCUT2D eigenvalue weighted by Crippen LogP contribution is 2.28. The van der Waals surface area contributed by atoms with Crippen LogP contribution in [0.4, 0.5) is 0 Å². The monoisotopic (exact) mass is 248 g/mol. The minimum atomic E-state index is -0.847. The standard InChI is InChI=1S/C11H20O6/c12-1-3-16-9-5-8(11(14)15)6-10(7-9)17-4-2-13/h8-10,12-13H,1-7H2,(H,14,15). The van der Waals surface area contributed by atoms with E-state index >= 15 is 0 Å². The molecule has 0 aromatic rings. The summed E-state index contributed by atoms with van der Waals surface area (Å²) in [6, 6.07) is 0. The third-order valence-corrected chi connectivity index (χ3v) is 2.86. The van der Waals surface area contributed by atoms with E-state index in [0.717, 1.165) is 0 Å². The van der Waals surface area contributed by atoms with E-state index < -0.39 is 11.9 Å². The van der Waals surface area contributed by atoms with Crippen LogP contribution in [0.5, 0.6) is 0 Å². The second-order valence-electron chi connectivity index (χ2n) is 4.18. The van der Waals surface area contributed by atoms with Crippen molar-refractivity contribution in [1.82, 2.24) is 0 Å². The van der Waals surface area contributed by atoms with Crippen molar-refractivity contribution < 1.29 is 29.6 Å². The smallest absolute Gasteiger partial charge is 0.306 e. The third-order valence-electron chi connectivity index (χ3n) is 2.86. The van der Waals surface area contributed by atoms with Crippen LogP contribution in [0, 0.1) is 5.92 Å². The van der Waals surface area contributed by atoms with Crippen molar-refractivity contribution in [2.24, 2.45) is 5.92 Å². The van der Waals surface area contributed by atoms with Crippen LogP contribution in [0.25, 0.3) is 0 Å². The van der Waals surface area contributed by atoms with Gasteiger partial charge in [-0.1, -0.05) is 0 Å². The van der Waals surface area contributed by atoms with Crippen LogP contribution in [0.3, 0.4) is 0 Å². The lowest BCUT2D eigenvalue weighted by Gasteiger charge is -2.32. The fourth-order valence-electron chi connectivity index (χ4n) is 2.13. The molecule has 2 unspecified atom stereocenters. The van der Waals surface area contributed by atoms with E-state index in [4.69, 9.17) is 24.8 Å². The van der Waals surface area contributed by atoms with Crippen LogP contribution in [0.1, 0.15) is 19.3 Å². The predicted octanol–water partition coefficient (Wildman–Crippen LogP) is -0.374. The van der Waals surface area contributed by atoms with E-state index in [-0.39, 0.29) is 38.6 Å². The molecule has 1 aliphatic rings. The van der Waals surface area contributed by atoms with E-state index in [9.17, 15) is 4.79 Å². The van der Waals surface area contributed by atoms with Crippen molar-refractivity contribution in [3.63, 3.8) is 0 Å². The molecule has 6 nitrogen and oxygen atoms in total. The van der Waals surface area contributed by atoms with Crippen molar-refractivity contribution >= 4 is 5.97 Å². The summed E-state index contributed by atoms with van der Waals surface area (Å²) in [4.78, 5) is 11.0. The highest BCUT2D eigenvalue weighted by molar-refractivity contribution is 5.70. The van der Waals surface area contributed by atoms with Gasteiger partial charge in [0.1, 0.15) is 0 Å². The Morgan fingerprint density at radius 1 is 1.00 bits per heavy atom. The summed E-state index contributed by atoms with van der Waals surface area (Å²) in [6.45, 7) is 0.278. The highest BCUT2D eigenvalue weighted by atomic mass is 16.5. The van der Waals surface area contributed by atoms with Crippen molar-refractivity contribution in [1.29, 1.82) is 0 Å². The minimum Gasteiger partial charge on any atom is -0.481 e. The van der Waals surface area contributed by atoms with Gasteiger partial charge in [-0.15, -0.1) is 0 Å². The molecule has 0 aromatic carbocycles. The lowest BCUT2D eigenvalue weighted by atomic mass is 9.85. The highest BCUT2D eigenvalue weighted by Gasteiger charge is 2.33. The van der Waals surface area contributed by atoms with Crippen molar-refractivity contribution in [3.05, 3.63) is 0 Å². The quantitative estimate of drug-likeness (QED) is 0.568. The molecule has 0 spiro atoms. The summed E-state index contributed by atoms with van der Waals surface area (Å²) < 4.78 is 10.7. The number of aliphatic hydroxyl groups is 2. The maximum atomic E-state index is 11.0. The van der Waals surface area contributed by atoms with Crippen LogP contribution < -0.4 is 0 Å². The molecule has 1 saturated carbocycles. The van der Waals surface area contributed by atoms with Crippen LogP contribution in [0.2, 0.25) is 0 Å². The van der Waals surface area contributed by atoms with Gasteiger partial charge < -0.3 is 24.8 Å². The summed E-state index contributed by atoms with van der Waals surface area (Å²) >= 11 is 0. The van der Waals surface area contributed by atoms with E-state index in [1.54, 1.807) is 0 Å². The minimum absolute atomic E-state index is 0.0730. The Balaban J connectivity index is 2.46. The second kappa shape index (κ2) is 7.60. The largest absolute Gasteiger partial charge is 0.481 e. The molecule has 0 aromatic heterocycles. The molecule has 2 atom stereocenters. The van der Waals surface area contributed by atoms with Gasteiger partial charge in [-0.2, -0.15) is 0 Å². The summed E-state index contributed by atoms with van der Waals surface area (Å²) in [5.41, 5.74) is 0. The molecule has 1 fully saturated rings. The molecule has 1 aliphatic carbocycles. The average Bonchev–Trinajstić information content (AvgIpc) is 2.33. The van der Waals surface area contributed by atoms with Crippen LogP contribution in [-0.4, -0.2) is 59.9 Å². The molecule has 0 heterocycles. The summed E-state index contributed by atoms with van der Waals surface area (Å²) in [5.74, 6) is -1.32. The normalized spacial score (nSPS) is 29.2. The lowest BCUT2D eigenvalue weighted by molar-refractivity contribution is -0.149. The number of aliphatic carboxylic acids is 1. The molecule has 3 N–H and O–H groups in total. The van der Waals surface area contributed by atoms with Gasteiger partial charge in [0, 0.05) is 0 Å². The van der Waals surface area contributed by atoms with Gasteiger partial charge in [-0.25, -0.2) is 0 Å². The van der Waals surface area contributed by atoms with Gasteiger partial charge in [0.25, 0.3) is 0 Å². The molecule has 0 aliphatic heterocycles. The maximum absolute atomic E-state index is 11.0. The molecule has 17 heavy (non-hydrogen) atoms. The van der Waals surface area contributed by atoms with Crippen LogP contribution >= 0.6 is 0 Å². The molecule has 6 heteroatoms.